The summed E-state index contributed by atoms with van der Waals surface area (Å²) in [6.07, 6.45) is 4.21. The quantitative estimate of drug-likeness (QED) is 0.793. The molecule has 16 heavy (non-hydrogen) atoms. The van der Waals surface area contributed by atoms with E-state index in [0.29, 0.717) is 12.6 Å². The van der Waals surface area contributed by atoms with Crippen molar-refractivity contribution >= 4 is 0 Å². The smallest absolute Gasteiger partial charge is 0.0670 e. The zero-order chi connectivity index (χ0) is 12.1. The van der Waals surface area contributed by atoms with Crippen molar-refractivity contribution < 1.29 is 0 Å². The van der Waals surface area contributed by atoms with Crippen molar-refractivity contribution in [1.29, 1.82) is 0 Å². The van der Waals surface area contributed by atoms with Crippen LogP contribution in [0.15, 0.2) is 6.20 Å². The van der Waals surface area contributed by atoms with Gasteiger partial charge < -0.3 is 5.73 Å². The highest BCUT2D eigenvalue weighted by atomic mass is 15.3. The van der Waals surface area contributed by atoms with Crippen LogP contribution in [0.25, 0.3) is 0 Å². The Morgan fingerprint density at radius 3 is 2.69 bits per heavy atom. The number of likely N-dealkylation sites (N-methyl/N-ethyl adjacent to an activating group) is 1. The fraction of sp³-hybridized carbons (Fsp3) is 0.750. The number of rotatable bonds is 6. The molecule has 0 aromatic carbocycles. The third kappa shape index (κ3) is 2.83. The Bertz CT molecular complexity index is 319. The highest BCUT2D eigenvalue weighted by Gasteiger charge is 2.19. The van der Waals surface area contributed by atoms with Gasteiger partial charge in [0.1, 0.15) is 0 Å². The van der Waals surface area contributed by atoms with Crippen molar-refractivity contribution in [3.05, 3.63) is 17.5 Å². The van der Waals surface area contributed by atoms with Gasteiger partial charge >= 0.3 is 0 Å². The lowest BCUT2D eigenvalue weighted by atomic mass is 10.1. The molecule has 0 saturated heterocycles. The Morgan fingerprint density at radius 1 is 1.50 bits per heavy atom. The summed E-state index contributed by atoms with van der Waals surface area (Å²) in [7, 11) is 4.10. The van der Waals surface area contributed by atoms with Gasteiger partial charge in [0, 0.05) is 25.4 Å². The zero-order valence-corrected chi connectivity index (χ0v) is 10.9. The first-order valence-corrected chi connectivity index (χ1v) is 6.06. The summed E-state index contributed by atoms with van der Waals surface area (Å²) in [6.45, 7) is 6.04. The van der Waals surface area contributed by atoms with Gasteiger partial charge in [0.15, 0.2) is 0 Å². The molecule has 1 unspecified atom stereocenters. The summed E-state index contributed by atoms with van der Waals surface area (Å²) >= 11 is 0. The van der Waals surface area contributed by atoms with Crippen LogP contribution in [0.3, 0.4) is 0 Å². The predicted molar refractivity (Wildman–Crippen MR) is 67.3 cm³/mol. The number of nitrogens with two attached hydrogens (primary N) is 1. The Labute approximate surface area is 98.4 Å². The molecule has 0 fully saturated rings. The summed E-state index contributed by atoms with van der Waals surface area (Å²) in [4.78, 5) is 2.32. The molecule has 0 aliphatic heterocycles. The molecular formula is C12H24N4. The van der Waals surface area contributed by atoms with Crippen molar-refractivity contribution in [3.63, 3.8) is 0 Å². The van der Waals surface area contributed by atoms with Crippen LogP contribution >= 0.6 is 0 Å². The minimum absolute atomic E-state index is 0.295. The maximum absolute atomic E-state index is 5.89. The van der Waals surface area contributed by atoms with E-state index in [0.717, 1.165) is 19.4 Å². The first-order valence-electron chi connectivity index (χ1n) is 6.06. The van der Waals surface area contributed by atoms with Crippen LogP contribution < -0.4 is 5.73 Å². The van der Waals surface area contributed by atoms with E-state index in [-0.39, 0.29) is 0 Å². The lowest BCUT2D eigenvalue weighted by Crippen LogP contribution is -2.31. The van der Waals surface area contributed by atoms with Gasteiger partial charge in [-0.3, -0.25) is 9.58 Å². The third-order valence-corrected chi connectivity index (χ3v) is 2.96. The minimum atomic E-state index is 0.295. The van der Waals surface area contributed by atoms with Crippen molar-refractivity contribution in [2.24, 2.45) is 12.8 Å². The second-order valence-electron chi connectivity index (χ2n) is 4.29. The number of hydrogen-bond acceptors (Lipinski definition) is 3. The van der Waals surface area contributed by atoms with Crippen LogP contribution in [0.1, 0.15) is 37.6 Å². The fourth-order valence-electron chi connectivity index (χ4n) is 2.16. The van der Waals surface area contributed by atoms with E-state index < -0.39 is 0 Å². The molecule has 1 aromatic heterocycles. The average molecular weight is 224 g/mol. The second-order valence-corrected chi connectivity index (χ2v) is 4.29. The molecule has 1 heterocycles. The topological polar surface area (TPSA) is 47.1 Å². The molecular weight excluding hydrogens is 200 g/mol. The van der Waals surface area contributed by atoms with E-state index in [4.69, 9.17) is 5.73 Å². The maximum atomic E-state index is 5.89. The van der Waals surface area contributed by atoms with E-state index in [1.54, 1.807) is 0 Å². The van der Waals surface area contributed by atoms with Crippen molar-refractivity contribution in [3.8, 4) is 0 Å². The van der Waals surface area contributed by atoms with Gasteiger partial charge in [0.25, 0.3) is 0 Å². The summed E-state index contributed by atoms with van der Waals surface area (Å²) in [6, 6.07) is 0.295. The Hall–Kier alpha value is -0.870. The van der Waals surface area contributed by atoms with E-state index in [1.807, 2.05) is 11.7 Å². The molecule has 92 valence electrons. The SMILES string of the molecule is CCCN(C)C(CN)c1cn(C)nc1CC. The zero-order valence-electron chi connectivity index (χ0n) is 10.9. The fourth-order valence-corrected chi connectivity index (χ4v) is 2.16. The van der Waals surface area contributed by atoms with Crippen LogP contribution in [0.5, 0.6) is 0 Å². The van der Waals surface area contributed by atoms with Gasteiger partial charge in [-0.25, -0.2) is 0 Å². The van der Waals surface area contributed by atoms with E-state index >= 15 is 0 Å². The molecule has 0 aliphatic rings. The first kappa shape index (κ1) is 13.2. The van der Waals surface area contributed by atoms with Crippen LogP contribution in [0, 0.1) is 0 Å². The molecule has 4 nitrogen and oxygen atoms in total. The largest absolute Gasteiger partial charge is 0.329 e. The van der Waals surface area contributed by atoms with E-state index in [1.165, 1.54) is 11.3 Å². The number of nitrogens with zero attached hydrogens (tertiary/aromatic N) is 3. The van der Waals surface area contributed by atoms with Crippen molar-refractivity contribution in [2.45, 2.75) is 32.7 Å². The lowest BCUT2D eigenvalue weighted by molar-refractivity contribution is 0.249. The molecule has 0 saturated carbocycles. The summed E-state index contributed by atoms with van der Waals surface area (Å²) in [5.74, 6) is 0. The molecule has 0 spiro atoms. The molecule has 0 amide bonds. The highest BCUT2D eigenvalue weighted by Crippen LogP contribution is 2.21. The number of hydrogen-bond donors (Lipinski definition) is 1. The molecule has 2 N–H and O–H groups in total. The van der Waals surface area contributed by atoms with Gasteiger partial charge in [-0.15, -0.1) is 0 Å². The Morgan fingerprint density at radius 2 is 2.19 bits per heavy atom. The van der Waals surface area contributed by atoms with Crippen LogP contribution in [0.4, 0.5) is 0 Å². The van der Waals surface area contributed by atoms with E-state index in [2.05, 4.69) is 37.1 Å². The number of aryl methyl sites for hydroxylation is 2. The average Bonchev–Trinajstić information content (AvgIpc) is 2.61. The van der Waals surface area contributed by atoms with Gasteiger partial charge in [-0.1, -0.05) is 13.8 Å². The minimum Gasteiger partial charge on any atom is -0.329 e. The van der Waals surface area contributed by atoms with Gasteiger partial charge in [0.05, 0.1) is 11.7 Å². The van der Waals surface area contributed by atoms with Gasteiger partial charge in [-0.05, 0) is 26.4 Å². The van der Waals surface area contributed by atoms with E-state index in [9.17, 15) is 0 Å². The molecule has 1 rings (SSSR count). The highest BCUT2D eigenvalue weighted by molar-refractivity contribution is 5.22. The van der Waals surface area contributed by atoms with Gasteiger partial charge in [-0.2, -0.15) is 5.10 Å². The molecule has 0 bridgehead atoms. The van der Waals surface area contributed by atoms with Crippen molar-refractivity contribution in [2.75, 3.05) is 20.1 Å². The van der Waals surface area contributed by atoms with Gasteiger partial charge in [0.2, 0.25) is 0 Å². The van der Waals surface area contributed by atoms with Crippen LogP contribution in [-0.2, 0) is 13.5 Å². The Balaban J connectivity index is 2.93. The first-order chi connectivity index (χ1) is 7.63. The van der Waals surface area contributed by atoms with Crippen LogP contribution in [-0.4, -0.2) is 34.8 Å². The monoisotopic (exact) mass is 224 g/mol. The maximum Gasteiger partial charge on any atom is 0.0670 e. The molecule has 1 atom stereocenters. The summed E-state index contributed by atoms with van der Waals surface area (Å²) < 4.78 is 1.89. The third-order valence-electron chi connectivity index (χ3n) is 2.96. The predicted octanol–water partition coefficient (Wildman–Crippen LogP) is 1.32. The molecule has 4 heteroatoms. The number of aromatic nitrogens is 2. The summed E-state index contributed by atoms with van der Waals surface area (Å²) in [5.41, 5.74) is 8.34. The summed E-state index contributed by atoms with van der Waals surface area (Å²) in [5, 5.41) is 4.47. The lowest BCUT2D eigenvalue weighted by Gasteiger charge is -2.26. The van der Waals surface area contributed by atoms with Crippen LogP contribution in [0.2, 0.25) is 0 Å². The van der Waals surface area contributed by atoms with Crippen molar-refractivity contribution in [1.82, 2.24) is 14.7 Å². The molecule has 1 aromatic rings. The molecule has 0 radical (unpaired) electrons. The normalized spacial score (nSPS) is 13.4. The Kier molecular flexibility index (Phi) is 4.96. The standard InChI is InChI=1S/C12H24N4/c1-5-7-15(3)12(8-13)10-9-16(4)14-11(10)6-2/h9,12H,5-8,13H2,1-4H3. The molecule has 0 aliphatic carbocycles. The second kappa shape index (κ2) is 6.01.